The number of hydrogen-bond acceptors (Lipinski definition) is 5. The van der Waals surface area contributed by atoms with E-state index in [0.717, 1.165) is 5.56 Å². The van der Waals surface area contributed by atoms with Gasteiger partial charge in [0.2, 0.25) is 0 Å². The maximum absolute atomic E-state index is 12.2. The Bertz CT molecular complexity index is 632. The highest BCUT2D eigenvalue weighted by atomic mass is 32.2. The van der Waals surface area contributed by atoms with Crippen molar-refractivity contribution in [3.63, 3.8) is 0 Å². The van der Waals surface area contributed by atoms with Gasteiger partial charge in [0, 0.05) is 36.5 Å². The Balaban J connectivity index is 2.07. The molecular formula is C11H18N6O2S. The van der Waals surface area contributed by atoms with Gasteiger partial charge < -0.3 is 5.32 Å². The number of nitrogens with one attached hydrogen (secondary N) is 4. The van der Waals surface area contributed by atoms with Gasteiger partial charge in [-0.05, 0) is 0 Å². The van der Waals surface area contributed by atoms with Crippen LogP contribution in [0.25, 0.3) is 0 Å². The lowest BCUT2D eigenvalue weighted by Crippen LogP contribution is -2.27. The van der Waals surface area contributed by atoms with E-state index < -0.39 is 10.0 Å². The highest BCUT2D eigenvalue weighted by Gasteiger charge is 2.20. The van der Waals surface area contributed by atoms with E-state index in [9.17, 15) is 8.42 Å². The second kappa shape index (κ2) is 6.16. The summed E-state index contributed by atoms with van der Waals surface area (Å²) in [6, 6.07) is 0.263. The predicted octanol–water partition coefficient (Wildman–Crippen LogP) is 0.109. The molecule has 0 spiro atoms. The second-order valence-electron chi connectivity index (χ2n) is 4.69. The summed E-state index contributed by atoms with van der Waals surface area (Å²) in [6.45, 7) is 4.60. The van der Waals surface area contributed by atoms with Gasteiger partial charge >= 0.3 is 0 Å². The average molecular weight is 298 g/mol. The third-order valence-electron chi connectivity index (χ3n) is 2.67. The van der Waals surface area contributed by atoms with Crippen LogP contribution in [-0.4, -0.2) is 34.9 Å². The van der Waals surface area contributed by atoms with Gasteiger partial charge in [-0.3, -0.25) is 10.2 Å². The molecule has 0 aliphatic rings. The van der Waals surface area contributed by atoms with Crippen LogP contribution in [0.1, 0.15) is 25.0 Å². The zero-order valence-electron chi connectivity index (χ0n) is 11.3. The molecular weight excluding hydrogens is 280 g/mol. The molecule has 0 aromatic carbocycles. The van der Waals surface area contributed by atoms with Crippen LogP contribution in [0.15, 0.2) is 23.6 Å². The van der Waals surface area contributed by atoms with E-state index in [1.165, 1.54) is 6.20 Å². The lowest BCUT2D eigenvalue weighted by atomic mass is 10.3. The fourth-order valence-electron chi connectivity index (χ4n) is 1.60. The molecule has 0 atom stereocenters. The molecule has 4 N–H and O–H groups in total. The topological polar surface area (TPSA) is 116 Å². The maximum atomic E-state index is 12.2. The van der Waals surface area contributed by atoms with Gasteiger partial charge in [-0.25, -0.2) is 13.1 Å². The van der Waals surface area contributed by atoms with Gasteiger partial charge in [0.15, 0.2) is 5.03 Å². The standard InChI is InChI=1S/C11H18N6O2S/c1-8(2)12-6-10-7-15-17-11(10)20(18,19)16-5-9-3-13-14-4-9/h3-4,7-8,12,16H,5-6H2,1-2H3,(H,13,14)(H,15,17). The Morgan fingerprint density at radius 1 is 1.25 bits per heavy atom. The van der Waals surface area contributed by atoms with Crippen molar-refractivity contribution in [2.75, 3.05) is 0 Å². The van der Waals surface area contributed by atoms with E-state index >= 15 is 0 Å². The summed E-state index contributed by atoms with van der Waals surface area (Å²) < 4.78 is 26.9. The smallest absolute Gasteiger partial charge is 0.258 e. The normalized spacial score (nSPS) is 12.2. The maximum Gasteiger partial charge on any atom is 0.258 e. The van der Waals surface area contributed by atoms with Gasteiger partial charge in [-0.1, -0.05) is 13.8 Å². The molecule has 0 aliphatic heterocycles. The Hall–Kier alpha value is -1.71. The zero-order valence-corrected chi connectivity index (χ0v) is 12.2. The molecule has 0 saturated carbocycles. The lowest BCUT2D eigenvalue weighted by molar-refractivity contribution is 0.564. The quantitative estimate of drug-likeness (QED) is 0.579. The van der Waals surface area contributed by atoms with Crippen LogP contribution >= 0.6 is 0 Å². The fraction of sp³-hybridized carbons (Fsp3) is 0.455. The van der Waals surface area contributed by atoms with Gasteiger partial charge in [0.05, 0.1) is 12.4 Å². The highest BCUT2D eigenvalue weighted by molar-refractivity contribution is 7.89. The monoisotopic (exact) mass is 298 g/mol. The number of nitrogens with zero attached hydrogens (tertiary/aromatic N) is 2. The van der Waals surface area contributed by atoms with E-state index in [-0.39, 0.29) is 17.6 Å². The molecule has 0 radical (unpaired) electrons. The van der Waals surface area contributed by atoms with Crippen molar-refractivity contribution < 1.29 is 8.42 Å². The molecule has 2 heterocycles. The minimum atomic E-state index is -3.62. The molecule has 0 aliphatic carbocycles. The van der Waals surface area contributed by atoms with Crippen molar-refractivity contribution in [3.8, 4) is 0 Å². The van der Waals surface area contributed by atoms with Crippen molar-refractivity contribution in [3.05, 3.63) is 29.7 Å². The minimum Gasteiger partial charge on any atom is -0.310 e. The van der Waals surface area contributed by atoms with Gasteiger partial charge in [-0.15, -0.1) is 0 Å². The van der Waals surface area contributed by atoms with Crippen LogP contribution in [-0.2, 0) is 23.1 Å². The summed E-state index contributed by atoms with van der Waals surface area (Å²) in [7, 11) is -3.62. The molecule has 20 heavy (non-hydrogen) atoms. The van der Waals surface area contributed by atoms with Crippen molar-refractivity contribution in [2.24, 2.45) is 0 Å². The Morgan fingerprint density at radius 2 is 2.05 bits per heavy atom. The third kappa shape index (κ3) is 3.65. The summed E-state index contributed by atoms with van der Waals surface area (Å²) >= 11 is 0. The first-order valence-corrected chi connectivity index (χ1v) is 7.70. The van der Waals surface area contributed by atoms with Crippen LogP contribution in [0, 0.1) is 0 Å². The van der Waals surface area contributed by atoms with E-state index in [1.807, 2.05) is 13.8 Å². The number of H-pyrrole nitrogens is 2. The van der Waals surface area contributed by atoms with Crippen LogP contribution in [0.5, 0.6) is 0 Å². The van der Waals surface area contributed by atoms with E-state index in [0.29, 0.717) is 12.1 Å². The number of hydrogen-bond donors (Lipinski definition) is 4. The van der Waals surface area contributed by atoms with E-state index in [2.05, 4.69) is 30.4 Å². The summed E-state index contributed by atoms with van der Waals surface area (Å²) in [6.07, 6.45) is 4.72. The van der Waals surface area contributed by atoms with Crippen LogP contribution in [0.3, 0.4) is 0 Å². The first-order valence-electron chi connectivity index (χ1n) is 6.22. The summed E-state index contributed by atoms with van der Waals surface area (Å²) in [5.41, 5.74) is 1.37. The second-order valence-corrected chi connectivity index (χ2v) is 6.39. The summed E-state index contributed by atoms with van der Waals surface area (Å²) in [5, 5.41) is 16.0. The van der Waals surface area contributed by atoms with Crippen LogP contribution < -0.4 is 10.0 Å². The number of rotatable bonds is 7. The van der Waals surface area contributed by atoms with Crippen LogP contribution in [0.2, 0.25) is 0 Å². The van der Waals surface area contributed by atoms with Gasteiger partial charge in [-0.2, -0.15) is 10.2 Å². The van der Waals surface area contributed by atoms with Crippen molar-refractivity contribution in [2.45, 2.75) is 38.0 Å². The first kappa shape index (κ1) is 14.7. The minimum absolute atomic E-state index is 0.0918. The van der Waals surface area contributed by atoms with E-state index in [4.69, 9.17) is 0 Å². The first-order chi connectivity index (χ1) is 9.49. The molecule has 0 amide bonds. The fourth-order valence-corrected chi connectivity index (χ4v) is 2.74. The molecule has 2 aromatic rings. The van der Waals surface area contributed by atoms with Crippen molar-refractivity contribution >= 4 is 10.0 Å². The molecule has 0 unspecified atom stereocenters. The number of aromatic amines is 2. The molecule has 9 heteroatoms. The number of sulfonamides is 1. The Morgan fingerprint density at radius 3 is 2.70 bits per heavy atom. The SMILES string of the molecule is CC(C)NCc1cn[nH]c1S(=O)(=O)NCc1cn[nH]c1. The molecule has 0 fully saturated rings. The Labute approximate surface area is 117 Å². The van der Waals surface area contributed by atoms with Crippen molar-refractivity contribution in [1.82, 2.24) is 30.4 Å². The molecule has 0 bridgehead atoms. The van der Waals surface area contributed by atoms with Gasteiger partial charge in [0.1, 0.15) is 0 Å². The molecule has 8 nitrogen and oxygen atoms in total. The van der Waals surface area contributed by atoms with Crippen LogP contribution in [0.4, 0.5) is 0 Å². The van der Waals surface area contributed by atoms with Gasteiger partial charge in [0.25, 0.3) is 10.0 Å². The lowest BCUT2D eigenvalue weighted by Gasteiger charge is -2.09. The third-order valence-corrected chi connectivity index (χ3v) is 4.08. The van der Waals surface area contributed by atoms with Crippen molar-refractivity contribution in [1.29, 1.82) is 0 Å². The van der Waals surface area contributed by atoms with E-state index in [1.54, 1.807) is 12.4 Å². The molecule has 2 rings (SSSR count). The molecule has 2 aromatic heterocycles. The molecule has 110 valence electrons. The predicted molar refractivity (Wildman–Crippen MR) is 73.2 cm³/mol. The average Bonchev–Trinajstić information content (AvgIpc) is 3.05. The zero-order chi connectivity index (χ0) is 14.6. The largest absolute Gasteiger partial charge is 0.310 e. The summed E-state index contributed by atoms with van der Waals surface area (Å²) in [5.74, 6) is 0. The highest BCUT2D eigenvalue weighted by Crippen LogP contribution is 2.12. The number of aromatic nitrogens is 4. The molecule has 0 saturated heterocycles. The summed E-state index contributed by atoms with van der Waals surface area (Å²) in [4.78, 5) is 0. The Kier molecular flexibility index (Phi) is 4.53.